The molecule has 0 atom stereocenters. The van der Waals surface area contributed by atoms with Crippen LogP contribution >= 0.6 is 11.3 Å². The number of nitriles is 1. The highest BCUT2D eigenvalue weighted by Gasteiger charge is 2.22. The Morgan fingerprint density at radius 1 is 1.03 bits per heavy atom. The lowest BCUT2D eigenvalue weighted by Gasteiger charge is -2.11. The normalized spacial score (nSPS) is 11.7. The number of para-hydroxylation sites is 1. The van der Waals surface area contributed by atoms with Crippen molar-refractivity contribution in [3.63, 3.8) is 0 Å². The number of pyridine rings is 1. The molecule has 33 heavy (non-hydrogen) atoms. The molecule has 0 saturated heterocycles. The van der Waals surface area contributed by atoms with E-state index >= 15 is 0 Å². The average molecular weight is 452 g/mol. The molecule has 0 saturated carbocycles. The first-order valence-electron chi connectivity index (χ1n) is 10.8. The lowest BCUT2D eigenvalue weighted by atomic mass is 9.98. The van der Waals surface area contributed by atoms with E-state index in [-0.39, 0.29) is 0 Å². The van der Waals surface area contributed by atoms with E-state index in [0.717, 1.165) is 37.2 Å². The highest BCUT2D eigenvalue weighted by molar-refractivity contribution is 7.25. The molecule has 0 aliphatic rings. The molecular formula is C26H21N5OS. The van der Waals surface area contributed by atoms with Gasteiger partial charge in [-0.3, -0.25) is 9.56 Å². The van der Waals surface area contributed by atoms with Gasteiger partial charge in [0.05, 0.1) is 16.8 Å². The van der Waals surface area contributed by atoms with E-state index in [4.69, 9.17) is 14.7 Å². The molecule has 2 aromatic carbocycles. The van der Waals surface area contributed by atoms with Crippen LogP contribution in [-0.2, 0) is 0 Å². The summed E-state index contributed by atoms with van der Waals surface area (Å²) in [6, 6.07) is 22.3. The summed E-state index contributed by atoms with van der Waals surface area (Å²) in [5, 5.41) is 10.9. The number of nitrogens with zero attached hydrogens (tertiary/aromatic N) is 5. The summed E-state index contributed by atoms with van der Waals surface area (Å²) < 4.78 is 8.74. The van der Waals surface area contributed by atoms with Gasteiger partial charge in [0.2, 0.25) is 11.5 Å². The zero-order valence-corrected chi connectivity index (χ0v) is 19.1. The third-order valence-corrected chi connectivity index (χ3v) is 6.28. The van der Waals surface area contributed by atoms with Gasteiger partial charge in [-0.1, -0.05) is 48.5 Å². The molecule has 0 N–H and O–H groups in total. The van der Waals surface area contributed by atoms with Crippen molar-refractivity contribution >= 4 is 31.8 Å². The molecule has 5 aromatic rings. The maximum absolute atomic E-state index is 10.1. The fourth-order valence-corrected chi connectivity index (χ4v) is 4.95. The van der Waals surface area contributed by atoms with Gasteiger partial charge in [0.1, 0.15) is 16.5 Å². The van der Waals surface area contributed by atoms with Crippen molar-refractivity contribution in [2.24, 2.45) is 4.99 Å². The number of aromatic nitrogens is 3. The zero-order chi connectivity index (χ0) is 22.8. The number of thiophene rings is 1. The van der Waals surface area contributed by atoms with Gasteiger partial charge >= 0.3 is 0 Å². The predicted octanol–water partition coefficient (Wildman–Crippen LogP) is 5.49. The van der Waals surface area contributed by atoms with Crippen molar-refractivity contribution in [2.45, 2.75) is 13.8 Å². The Labute approximate surface area is 195 Å². The summed E-state index contributed by atoms with van der Waals surface area (Å²) in [5.74, 6) is 0.354. The van der Waals surface area contributed by atoms with Crippen molar-refractivity contribution in [1.82, 2.24) is 14.5 Å². The third-order valence-electron chi connectivity index (χ3n) is 5.27. The maximum Gasteiger partial charge on any atom is 0.233 e. The van der Waals surface area contributed by atoms with Crippen LogP contribution in [0.5, 0.6) is 5.88 Å². The Balaban J connectivity index is 1.93. The van der Waals surface area contributed by atoms with E-state index in [2.05, 4.69) is 17.3 Å². The van der Waals surface area contributed by atoms with E-state index in [1.807, 2.05) is 79.1 Å². The summed E-state index contributed by atoms with van der Waals surface area (Å²) >= 11 is 1.54. The first-order valence-corrected chi connectivity index (χ1v) is 11.6. The molecule has 0 spiro atoms. The van der Waals surface area contributed by atoms with E-state index in [1.165, 1.54) is 11.3 Å². The Bertz CT molecular complexity index is 1560. The summed E-state index contributed by atoms with van der Waals surface area (Å²) in [6.45, 7) is 4.92. The van der Waals surface area contributed by atoms with Crippen LogP contribution in [0.15, 0.2) is 71.9 Å². The SMILES string of the molecule is CCN=c1nc2c(cn1-c1ccccc1)sc1nc(OCC)c(C#N)c(-c3ccccc3)c12. The Hall–Kier alpha value is -4.02. The molecule has 0 unspecified atom stereocenters. The summed E-state index contributed by atoms with van der Waals surface area (Å²) in [5.41, 5.74) is 4.54. The zero-order valence-electron chi connectivity index (χ0n) is 18.3. The minimum Gasteiger partial charge on any atom is -0.477 e. The average Bonchev–Trinajstić information content (AvgIpc) is 3.21. The van der Waals surface area contributed by atoms with Crippen molar-refractivity contribution in [3.8, 4) is 28.8 Å². The molecule has 0 fully saturated rings. The van der Waals surface area contributed by atoms with Crippen LogP contribution in [0.25, 0.3) is 37.2 Å². The Morgan fingerprint density at radius 3 is 2.42 bits per heavy atom. The number of benzene rings is 2. The van der Waals surface area contributed by atoms with Gasteiger partial charge in [-0.05, 0) is 31.5 Å². The van der Waals surface area contributed by atoms with Gasteiger partial charge in [-0.15, -0.1) is 11.3 Å². The number of hydrogen-bond acceptors (Lipinski definition) is 6. The molecule has 3 heterocycles. The monoisotopic (exact) mass is 451 g/mol. The molecule has 0 amide bonds. The molecule has 5 rings (SSSR count). The number of rotatable bonds is 5. The Kier molecular flexibility index (Phi) is 5.59. The molecule has 0 radical (unpaired) electrons. The van der Waals surface area contributed by atoms with Crippen LogP contribution in [0, 0.1) is 11.3 Å². The van der Waals surface area contributed by atoms with E-state index < -0.39 is 0 Å². The summed E-state index contributed by atoms with van der Waals surface area (Å²) in [4.78, 5) is 15.2. The third kappa shape index (κ3) is 3.65. The van der Waals surface area contributed by atoms with Gasteiger partial charge in [0.25, 0.3) is 0 Å². The second-order valence-corrected chi connectivity index (χ2v) is 8.32. The van der Waals surface area contributed by atoms with Crippen LogP contribution in [0.2, 0.25) is 0 Å². The largest absolute Gasteiger partial charge is 0.477 e. The second-order valence-electron chi connectivity index (χ2n) is 7.29. The van der Waals surface area contributed by atoms with Crippen LogP contribution < -0.4 is 10.4 Å². The minimum absolute atomic E-state index is 0.354. The van der Waals surface area contributed by atoms with E-state index in [0.29, 0.717) is 30.2 Å². The van der Waals surface area contributed by atoms with Crippen molar-refractivity contribution in [3.05, 3.63) is 78.0 Å². The highest BCUT2D eigenvalue weighted by Crippen LogP contribution is 2.42. The quantitative estimate of drug-likeness (QED) is 0.354. The minimum atomic E-state index is 0.354. The lowest BCUT2D eigenvalue weighted by Crippen LogP contribution is -2.22. The van der Waals surface area contributed by atoms with Gasteiger partial charge in [0, 0.05) is 29.4 Å². The second kappa shape index (κ2) is 8.85. The van der Waals surface area contributed by atoms with Crippen molar-refractivity contribution in [1.29, 1.82) is 5.26 Å². The summed E-state index contributed by atoms with van der Waals surface area (Å²) in [6.07, 6.45) is 2.06. The van der Waals surface area contributed by atoms with Crippen molar-refractivity contribution < 1.29 is 4.74 Å². The molecule has 3 aromatic heterocycles. The van der Waals surface area contributed by atoms with E-state index in [9.17, 15) is 5.26 Å². The van der Waals surface area contributed by atoms with Crippen molar-refractivity contribution in [2.75, 3.05) is 13.2 Å². The number of ether oxygens (including phenoxy) is 1. The van der Waals surface area contributed by atoms with E-state index in [1.54, 1.807) is 0 Å². The first-order chi connectivity index (χ1) is 16.2. The van der Waals surface area contributed by atoms with Gasteiger partial charge < -0.3 is 4.74 Å². The molecule has 0 aliphatic carbocycles. The standard InChI is InChI=1S/C26H21N5OS/c1-3-28-26-29-23-20(16-31(26)18-13-9-6-10-14-18)33-25-22(23)21(17-11-7-5-8-12-17)19(15-27)24(30-25)32-4-2/h5-14,16H,3-4H2,1-2H3. The van der Waals surface area contributed by atoms with Crippen LogP contribution in [-0.4, -0.2) is 27.7 Å². The topological polar surface area (TPSA) is 76.1 Å². The molecule has 0 bridgehead atoms. The Morgan fingerprint density at radius 2 is 1.76 bits per heavy atom. The van der Waals surface area contributed by atoms with Crippen LogP contribution in [0.1, 0.15) is 19.4 Å². The fourth-order valence-electron chi connectivity index (χ4n) is 3.91. The summed E-state index contributed by atoms with van der Waals surface area (Å²) in [7, 11) is 0. The molecule has 0 aliphatic heterocycles. The maximum atomic E-state index is 10.1. The fraction of sp³-hybridized carbons (Fsp3) is 0.154. The number of hydrogen-bond donors (Lipinski definition) is 0. The molecular weight excluding hydrogens is 430 g/mol. The molecule has 6 nitrogen and oxygen atoms in total. The predicted molar refractivity (Wildman–Crippen MR) is 132 cm³/mol. The van der Waals surface area contributed by atoms with Crippen LogP contribution in [0.3, 0.4) is 0 Å². The first kappa shape index (κ1) is 20.9. The van der Waals surface area contributed by atoms with Crippen LogP contribution in [0.4, 0.5) is 0 Å². The smallest absolute Gasteiger partial charge is 0.233 e. The molecule has 162 valence electrons. The number of fused-ring (bicyclic) bond motifs is 3. The lowest BCUT2D eigenvalue weighted by molar-refractivity contribution is 0.327. The van der Waals surface area contributed by atoms with Gasteiger partial charge in [0.15, 0.2) is 0 Å². The highest BCUT2D eigenvalue weighted by atomic mass is 32.1. The molecule has 7 heteroatoms. The van der Waals surface area contributed by atoms with Gasteiger partial charge in [-0.2, -0.15) is 5.26 Å². The van der Waals surface area contributed by atoms with Gasteiger partial charge in [-0.25, -0.2) is 9.97 Å².